The van der Waals surface area contributed by atoms with Gasteiger partial charge in [0.05, 0.1) is 0 Å². The van der Waals surface area contributed by atoms with Crippen LogP contribution in [-0.4, -0.2) is 21.7 Å². The van der Waals surface area contributed by atoms with Crippen molar-refractivity contribution in [3.63, 3.8) is 0 Å². The molecule has 1 aliphatic carbocycles. The molecule has 5 nitrogen and oxygen atoms in total. The summed E-state index contributed by atoms with van der Waals surface area (Å²) in [5.41, 5.74) is 4.11. The van der Waals surface area contributed by atoms with Gasteiger partial charge in [-0.1, -0.05) is 44.2 Å². The highest BCUT2D eigenvalue weighted by Crippen LogP contribution is 2.47. The van der Waals surface area contributed by atoms with Crippen LogP contribution in [0.2, 0.25) is 0 Å². The molecule has 0 bridgehead atoms. The van der Waals surface area contributed by atoms with Crippen LogP contribution in [-0.2, 0) is 4.79 Å². The summed E-state index contributed by atoms with van der Waals surface area (Å²) in [5.74, 6) is 0.300. The molecular formula is C25H26N3O2. The minimum absolute atomic E-state index is 0.0881. The minimum atomic E-state index is -0.320. The predicted molar refractivity (Wildman–Crippen MR) is 116 cm³/mol. The Morgan fingerprint density at radius 2 is 1.87 bits per heavy atom. The van der Waals surface area contributed by atoms with E-state index >= 15 is 0 Å². The van der Waals surface area contributed by atoms with Crippen LogP contribution in [0, 0.1) is 18.4 Å². The van der Waals surface area contributed by atoms with Gasteiger partial charge < -0.3 is 0 Å². The van der Waals surface area contributed by atoms with Gasteiger partial charge in [-0.15, -0.1) is 0 Å². The molecule has 1 aliphatic heterocycles. The summed E-state index contributed by atoms with van der Waals surface area (Å²) < 4.78 is 0. The number of aryl methyl sites for hydroxylation is 1. The van der Waals surface area contributed by atoms with Crippen molar-refractivity contribution in [2.24, 2.45) is 5.41 Å². The van der Waals surface area contributed by atoms with Gasteiger partial charge in [0.25, 0.3) is 0 Å². The maximum absolute atomic E-state index is 13.3. The molecule has 0 spiro atoms. The molecular weight excluding hydrogens is 374 g/mol. The van der Waals surface area contributed by atoms with Gasteiger partial charge in [-0.2, -0.15) is 0 Å². The van der Waals surface area contributed by atoms with Crippen molar-refractivity contribution in [2.75, 3.05) is 5.32 Å². The van der Waals surface area contributed by atoms with Gasteiger partial charge in [0.15, 0.2) is 5.78 Å². The fourth-order valence-corrected chi connectivity index (χ4v) is 4.40. The largest absolute Gasteiger partial charge is 0.331 e. The Hall–Kier alpha value is -3.21. The molecule has 0 fully saturated rings. The molecule has 1 aromatic heterocycles. The number of carbonyl (C=O) groups is 2. The van der Waals surface area contributed by atoms with Crippen molar-refractivity contribution >= 4 is 17.6 Å². The highest BCUT2D eigenvalue weighted by Gasteiger charge is 2.42. The van der Waals surface area contributed by atoms with E-state index in [9.17, 15) is 9.59 Å². The topological polar surface area (TPSA) is 62.3 Å². The summed E-state index contributed by atoms with van der Waals surface area (Å²) in [6.45, 7) is 8.07. The van der Waals surface area contributed by atoms with Crippen LogP contribution in [0.25, 0.3) is 0 Å². The monoisotopic (exact) mass is 400 g/mol. The third-order valence-electron chi connectivity index (χ3n) is 5.75. The van der Waals surface area contributed by atoms with Gasteiger partial charge in [-0.3, -0.25) is 15.0 Å². The number of rotatable bonds is 2. The number of nitrogens with zero attached hydrogens (tertiary/aromatic N) is 2. The average Bonchev–Trinajstić information content (AvgIpc) is 2.67. The summed E-state index contributed by atoms with van der Waals surface area (Å²) >= 11 is 0. The molecule has 2 aliphatic rings. The molecule has 2 aromatic rings. The van der Waals surface area contributed by atoms with Crippen molar-refractivity contribution in [1.29, 1.82) is 0 Å². The fourth-order valence-electron chi connectivity index (χ4n) is 4.40. The molecule has 1 atom stereocenters. The first-order valence-electron chi connectivity index (χ1n) is 10.2. The van der Waals surface area contributed by atoms with Crippen molar-refractivity contribution < 1.29 is 9.59 Å². The van der Waals surface area contributed by atoms with E-state index in [2.05, 4.69) is 30.2 Å². The van der Waals surface area contributed by atoms with Crippen molar-refractivity contribution in [2.45, 2.75) is 46.5 Å². The van der Waals surface area contributed by atoms with Gasteiger partial charge >= 0.3 is 6.03 Å². The Morgan fingerprint density at radius 3 is 2.57 bits per heavy atom. The van der Waals surface area contributed by atoms with E-state index in [1.54, 1.807) is 23.2 Å². The summed E-state index contributed by atoms with van der Waals surface area (Å²) in [6.07, 6.45) is 6.17. The molecule has 153 valence electrons. The average molecular weight is 401 g/mol. The first-order valence-corrected chi connectivity index (χ1v) is 10.2. The number of urea groups is 1. The van der Waals surface area contributed by atoms with Crippen LogP contribution in [0.4, 0.5) is 10.6 Å². The number of ketones is 1. The van der Waals surface area contributed by atoms with Crippen molar-refractivity contribution in [3.8, 4) is 0 Å². The Kier molecular flexibility index (Phi) is 5.06. The van der Waals surface area contributed by atoms with E-state index in [1.165, 1.54) is 0 Å². The normalized spacial score (nSPS) is 20.5. The molecule has 1 radical (unpaired) electrons. The zero-order valence-electron chi connectivity index (χ0n) is 17.8. The second-order valence-electron chi connectivity index (χ2n) is 8.80. The number of anilines is 1. The molecule has 2 heterocycles. The Labute approximate surface area is 177 Å². The van der Waals surface area contributed by atoms with Crippen LogP contribution >= 0.6 is 0 Å². The standard InChI is InChI=1S/C25H26N3O2/c1-16-9-5-6-10-18(16)19-13-17(2)28(24(30)27-22-11-7-8-12-26-22)20-14-25(3,4)15-21(29)23(19)20/h5-12,19H,14-15H2,1-4H3,(H,26,27,30). The number of pyridine rings is 1. The smallest absolute Gasteiger partial charge is 0.294 e. The van der Waals surface area contributed by atoms with Crippen LogP contribution in [0.3, 0.4) is 0 Å². The van der Waals surface area contributed by atoms with Crippen molar-refractivity contribution in [3.05, 3.63) is 82.8 Å². The van der Waals surface area contributed by atoms with Gasteiger partial charge in [-0.25, -0.2) is 9.78 Å². The Balaban J connectivity index is 1.81. The first-order chi connectivity index (χ1) is 14.3. The van der Waals surface area contributed by atoms with E-state index in [0.29, 0.717) is 29.9 Å². The van der Waals surface area contributed by atoms with E-state index in [-0.39, 0.29) is 23.1 Å². The number of carbonyl (C=O) groups excluding carboxylic acids is 2. The zero-order chi connectivity index (χ0) is 21.5. The lowest BCUT2D eigenvalue weighted by Gasteiger charge is -2.42. The van der Waals surface area contributed by atoms with E-state index in [4.69, 9.17) is 0 Å². The number of benzene rings is 1. The number of hydrogen-bond donors (Lipinski definition) is 1. The van der Waals surface area contributed by atoms with Crippen LogP contribution in [0.1, 0.15) is 50.7 Å². The van der Waals surface area contributed by atoms with Crippen LogP contribution < -0.4 is 5.32 Å². The van der Waals surface area contributed by atoms with Crippen LogP contribution in [0.5, 0.6) is 0 Å². The number of hydrogen-bond acceptors (Lipinski definition) is 3. The fraction of sp³-hybridized carbons (Fsp3) is 0.320. The number of aromatic nitrogens is 1. The molecule has 5 heteroatoms. The second kappa shape index (κ2) is 7.56. The Morgan fingerprint density at radius 1 is 1.13 bits per heavy atom. The first kappa shape index (κ1) is 20.1. The number of nitrogens with one attached hydrogen (secondary N) is 1. The highest BCUT2D eigenvalue weighted by molar-refractivity contribution is 6.01. The molecule has 1 N–H and O–H groups in total. The number of allylic oxidation sites excluding steroid dienone is 4. The summed E-state index contributed by atoms with van der Waals surface area (Å²) in [5, 5.41) is 2.85. The summed E-state index contributed by atoms with van der Waals surface area (Å²) in [6, 6.07) is 13.1. The molecule has 1 aromatic carbocycles. The number of Topliss-reactive ketones (excluding diaryl/α,β-unsaturated/α-hetero) is 1. The lowest BCUT2D eigenvalue weighted by atomic mass is 9.70. The third-order valence-corrected chi connectivity index (χ3v) is 5.75. The van der Waals surface area contributed by atoms with Crippen LogP contribution in [0.15, 0.2) is 65.6 Å². The molecule has 30 heavy (non-hydrogen) atoms. The third kappa shape index (κ3) is 3.67. The molecule has 4 rings (SSSR count). The maximum Gasteiger partial charge on any atom is 0.331 e. The quantitative estimate of drug-likeness (QED) is 0.737. The summed E-state index contributed by atoms with van der Waals surface area (Å²) in [4.78, 5) is 32.3. The minimum Gasteiger partial charge on any atom is -0.294 e. The second-order valence-corrected chi connectivity index (χ2v) is 8.80. The SMILES string of the molecule is CC1=[C]C(c2ccccc2C)C2=C(CC(C)(C)CC2=O)N1C(=O)Nc1ccccn1. The molecule has 2 amide bonds. The molecule has 0 saturated carbocycles. The van der Waals surface area contributed by atoms with Gasteiger partial charge in [0.1, 0.15) is 5.82 Å². The number of amides is 2. The van der Waals surface area contributed by atoms with Crippen molar-refractivity contribution in [1.82, 2.24) is 9.88 Å². The maximum atomic E-state index is 13.3. The van der Waals surface area contributed by atoms with E-state index in [1.807, 2.05) is 44.2 Å². The van der Waals surface area contributed by atoms with E-state index in [0.717, 1.165) is 16.8 Å². The lowest BCUT2D eigenvalue weighted by molar-refractivity contribution is -0.118. The Bertz CT molecular complexity index is 1070. The molecule has 0 saturated heterocycles. The predicted octanol–water partition coefficient (Wildman–Crippen LogP) is 5.37. The highest BCUT2D eigenvalue weighted by atomic mass is 16.2. The summed E-state index contributed by atoms with van der Waals surface area (Å²) in [7, 11) is 0. The van der Waals surface area contributed by atoms with Gasteiger partial charge in [0, 0.05) is 35.5 Å². The lowest BCUT2D eigenvalue weighted by Crippen LogP contribution is -2.42. The van der Waals surface area contributed by atoms with Gasteiger partial charge in [-0.05, 0) is 55.0 Å². The van der Waals surface area contributed by atoms with E-state index < -0.39 is 0 Å². The molecule has 1 unspecified atom stereocenters. The van der Waals surface area contributed by atoms with Gasteiger partial charge in [0.2, 0.25) is 0 Å². The zero-order valence-corrected chi connectivity index (χ0v) is 17.8.